The van der Waals surface area contributed by atoms with Crippen LogP contribution < -0.4 is 16.2 Å². The summed E-state index contributed by atoms with van der Waals surface area (Å²) in [5, 5.41) is 1.10. The van der Waals surface area contributed by atoms with Crippen LogP contribution in [0.1, 0.15) is 17.5 Å². The van der Waals surface area contributed by atoms with Crippen LogP contribution in [-0.2, 0) is 12.8 Å². The Morgan fingerprint density at radius 3 is 2.33 bits per heavy atom. The van der Waals surface area contributed by atoms with Gasteiger partial charge < -0.3 is 16.2 Å². The number of hydrogen-bond donors (Lipinski definition) is 2. The standard InChI is InChI=1S/C20H23N3O/c21-12-1-2-15-3-7-18(8-4-15)24-20-10-6-17-14-16(11-13-22)5-9-19(17)23-20/h3-10,14H,1-2,11-13,21-22H2. The van der Waals surface area contributed by atoms with Crippen LogP contribution in [0.15, 0.2) is 54.6 Å². The number of benzene rings is 2. The average Bonchev–Trinajstić information content (AvgIpc) is 2.61. The summed E-state index contributed by atoms with van der Waals surface area (Å²) < 4.78 is 5.87. The zero-order chi connectivity index (χ0) is 16.8. The second-order valence-corrected chi connectivity index (χ2v) is 5.85. The summed E-state index contributed by atoms with van der Waals surface area (Å²) in [6.07, 6.45) is 2.87. The zero-order valence-corrected chi connectivity index (χ0v) is 13.7. The predicted molar refractivity (Wildman–Crippen MR) is 98.4 cm³/mol. The van der Waals surface area contributed by atoms with E-state index in [-0.39, 0.29) is 0 Å². The summed E-state index contributed by atoms with van der Waals surface area (Å²) in [7, 11) is 0. The maximum Gasteiger partial charge on any atom is 0.219 e. The first kappa shape index (κ1) is 16.4. The highest BCUT2D eigenvalue weighted by Gasteiger charge is 2.03. The van der Waals surface area contributed by atoms with Gasteiger partial charge in [-0.15, -0.1) is 0 Å². The van der Waals surface area contributed by atoms with Crippen LogP contribution in [0.3, 0.4) is 0 Å². The highest BCUT2D eigenvalue weighted by atomic mass is 16.5. The minimum atomic E-state index is 0.601. The van der Waals surface area contributed by atoms with Gasteiger partial charge in [-0.05, 0) is 73.8 Å². The van der Waals surface area contributed by atoms with Crippen molar-refractivity contribution >= 4 is 10.9 Å². The topological polar surface area (TPSA) is 74.2 Å². The van der Waals surface area contributed by atoms with E-state index in [0.29, 0.717) is 19.0 Å². The van der Waals surface area contributed by atoms with E-state index >= 15 is 0 Å². The van der Waals surface area contributed by atoms with Gasteiger partial charge in [-0.2, -0.15) is 0 Å². The largest absolute Gasteiger partial charge is 0.439 e. The van der Waals surface area contributed by atoms with Gasteiger partial charge in [0.25, 0.3) is 0 Å². The summed E-state index contributed by atoms with van der Waals surface area (Å²) in [5.74, 6) is 1.39. The van der Waals surface area contributed by atoms with E-state index < -0.39 is 0 Å². The molecule has 0 bridgehead atoms. The Morgan fingerprint density at radius 1 is 0.792 bits per heavy atom. The van der Waals surface area contributed by atoms with Crippen LogP contribution in [0, 0.1) is 0 Å². The fraction of sp³-hybridized carbons (Fsp3) is 0.250. The Labute approximate surface area is 142 Å². The average molecular weight is 321 g/mol. The van der Waals surface area contributed by atoms with E-state index in [1.54, 1.807) is 0 Å². The molecule has 0 aliphatic heterocycles. The van der Waals surface area contributed by atoms with E-state index in [9.17, 15) is 0 Å². The molecule has 124 valence electrons. The summed E-state index contributed by atoms with van der Waals surface area (Å²) in [6.45, 7) is 1.37. The minimum absolute atomic E-state index is 0.601. The van der Waals surface area contributed by atoms with Crippen LogP contribution in [0.5, 0.6) is 11.6 Å². The van der Waals surface area contributed by atoms with E-state index in [1.165, 1.54) is 11.1 Å². The number of pyridine rings is 1. The molecule has 0 aliphatic rings. The first-order chi connectivity index (χ1) is 11.8. The number of ether oxygens (including phenoxy) is 1. The van der Waals surface area contributed by atoms with Crippen molar-refractivity contribution in [1.82, 2.24) is 4.98 Å². The number of rotatable bonds is 7. The molecule has 0 atom stereocenters. The van der Waals surface area contributed by atoms with Crippen molar-refractivity contribution in [2.24, 2.45) is 11.5 Å². The van der Waals surface area contributed by atoms with Gasteiger partial charge in [-0.1, -0.05) is 18.2 Å². The Balaban J connectivity index is 1.73. The molecule has 0 saturated carbocycles. The van der Waals surface area contributed by atoms with Gasteiger partial charge in [0.1, 0.15) is 5.75 Å². The van der Waals surface area contributed by atoms with Gasteiger partial charge in [-0.3, -0.25) is 0 Å². The van der Waals surface area contributed by atoms with Crippen molar-refractivity contribution in [3.05, 3.63) is 65.7 Å². The van der Waals surface area contributed by atoms with Crippen LogP contribution in [-0.4, -0.2) is 18.1 Å². The molecule has 4 nitrogen and oxygen atoms in total. The molecular weight excluding hydrogens is 298 g/mol. The Hall–Kier alpha value is -2.43. The molecule has 0 amide bonds. The lowest BCUT2D eigenvalue weighted by molar-refractivity contribution is 0.465. The summed E-state index contributed by atoms with van der Waals surface area (Å²) >= 11 is 0. The van der Waals surface area contributed by atoms with Gasteiger partial charge in [0, 0.05) is 11.5 Å². The first-order valence-corrected chi connectivity index (χ1v) is 8.35. The molecule has 0 radical (unpaired) electrons. The lowest BCUT2D eigenvalue weighted by atomic mass is 10.1. The van der Waals surface area contributed by atoms with Crippen LogP contribution in [0.2, 0.25) is 0 Å². The van der Waals surface area contributed by atoms with Crippen molar-refractivity contribution < 1.29 is 4.74 Å². The van der Waals surface area contributed by atoms with E-state index in [2.05, 4.69) is 29.2 Å². The molecule has 1 aromatic heterocycles. The van der Waals surface area contributed by atoms with Crippen LogP contribution in [0.25, 0.3) is 10.9 Å². The quantitative estimate of drug-likeness (QED) is 0.699. The monoisotopic (exact) mass is 321 g/mol. The summed E-state index contributed by atoms with van der Waals surface area (Å²) in [5.41, 5.74) is 14.6. The normalized spacial score (nSPS) is 10.9. The molecule has 4 N–H and O–H groups in total. The highest BCUT2D eigenvalue weighted by molar-refractivity contribution is 5.79. The van der Waals surface area contributed by atoms with Gasteiger partial charge >= 0.3 is 0 Å². The molecular formula is C20H23N3O. The molecule has 0 saturated heterocycles. The van der Waals surface area contributed by atoms with E-state index in [1.807, 2.05) is 30.3 Å². The third-order valence-corrected chi connectivity index (χ3v) is 3.98. The van der Waals surface area contributed by atoms with Crippen molar-refractivity contribution in [1.29, 1.82) is 0 Å². The highest BCUT2D eigenvalue weighted by Crippen LogP contribution is 2.23. The number of fused-ring (bicyclic) bond motifs is 1. The fourth-order valence-corrected chi connectivity index (χ4v) is 2.69. The summed E-state index contributed by atoms with van der Waals surface area (Å²) in [4.78, 5) is 4.57. The molecule has 24 heavy (non-hydrogen) atoms. The number of nitrogens with two attached hydrogens (primary N) is 2. The molecule has 2 aromatic carbocycles. The van der Waals surface area contributed by atoms with E-state index in [4.69, 9.17) is 16.2 Å². The lowest BCUT2D eigenvalue weighted by Gasteiger charge is -2.08. The molecule has 3 rings (SSSR count). The van der Waals surface area contributed by atoms with Gasteiger partial charge in [0.15, 0.2) is 0 Å². The third-order valence-electron chi connectivity index (χ3n) is 3.98. The van der Waals surface area contributed by atoms with Gasteiger partial charge in [0.2, 0.25) is 5.88 Å². The van der Waals surface area contributed by atoms with Crippen molar-refractivity contribution in [3.8, 4) is 11.6 Å². The molecule has 3 aromatic rings. The second-order valence-electron chi connectivity index (χ2n) is 5.85. The molecule has 0 spiro atoms. The maximum absolute atomic E-state index is 5.87. The Kier molecular flexibility index (Phi) is 5.41. The second kappa shape index (κ2) is 7.90. The molecule has 1 heterocycles. The summed E-state index contributed by atoms with van der Waals surface area (Å²) in [6, 6.07) is 18.2. The third kappa shape index (κ3) is 4.10. The lowest BCUT2D eigenvalue weighted by Crippen LogP contribution is -2.02. The molecule has 0 unspecified atom stereocenters. The van der Waals surface area contributed by atoms with Crippen molar-refractivity contribution in [2.45, 2.75) is 19.3 Å². The van der Waals surface area contributed by atoms with Crippen LogP contribution in [0.4, 0.5) is 0 Å². The smallest absolute Gasteiger partial charge is 0.219 e. The Morgan fingerprint density at radius 2 is 1.58 bits per heavy atom. The Bertz CT molecular complexity index is 800. The van der Waals surface area contributed by atoms with Gasteiger partial charge in [-0.25, -0.2) is 4.98 Å². The van der Waals surface area contributed by atoms with Crippen molar-refractivity contribution in [3.63, 3.8) is 0 Å². The minimum Gasteiger partial charge on any atom is -0.439 e. The van der Waals surface area contributed by atoms with Gasteiger partial charge in [0.05, 0.1) is 5.52 Å². The number of nitrogens with zero attached hydrogens (tertiary/aromatic N) is 1. The molecule has 0 fully saturated rings. The number of aromatic nitrogens is 1. The predicted octanol–water partition coefficient (Wildman–Crippen LogP) is 3.42. The molecule has 0 aliphatic carbocycles. The molecule has 4 heteroatoms. The SMILES string of the molecule is NCCCc1ccc(Oc2ccc3cc(CCN)ccc3n2)cc1. The van der Waals surface area contributed by atoms with E-state index in [0.717, 1.165) is 35.9 Å². The fourth-order valence-electron chi connectivity index (χ4n) is 2.69. The first-order valence-electron chi connectivity index (χ1n) is 8.35. The zero-order valence-electron chi connectivity index (χ0n) is 13.7. The maximum atomic E-state index is 5.87. The van der Waals surface area contributed by atoms with Crippen molar-refractivity contribution in [2.75, 3.05) is 13.1 Å². The number of hydrogen-bond acceptors (Lipinski definition) is 4. The van der Waals surface area contributed by atoms with Crippen LogP contribution >= 0.6 is 0 Å². The number of aryl methyl sites for hydroxylation is 1.